The number of aryl methyl sites for hydroxylation is 2. The summed E-state index contributed by atoms with van der Waals surface area (Å²) in [6.07, 6.45) is -0.0588. The quantitative estimate of drug-likeness (QED) is 0.898. The minimum atomic E-state index is -0.839. The van der Waals surface area contributed by atoms with E-state index in [0.717, 1.165) is 6.42 Å². The Morgan fingerprint density at radius 1 is 1.20 bits per heavy atom. The van der Waals surface area contributed by atoms with Crippen LogP contribution in [0.4, 0.5) is 4.79 Å². The lowest BCUT2D eigenvalue weighted by atomic mass is 9.83. The molecular formula is C17H27NO2. The molecule has 0 bridgehead atoms. The number of amides is 1. The molecule has 0 aliphatic rings. The van der Waals surface area contributed by atoms with E-state index in [1.54, 1.807) is 0 Å². The summed E-state index contributed by atoms with van der Waals surface area (Å²) in [6.45, 7) is 13.8. The van der Waals surface area contributed by atoms with E-state index in [-0.39, 0.29) is 5.41 Å². The molecule has 1 rings (SSSR count). The fraction of sp³-hybridized carbons (Fsp3) is 0.588. The van der Waals surface area contributed by atoms with Crippen LogP contribution >= 0.6 is 0 Å². The van der Waals surface area contributed by atoms with Gasteiger partial charge >= 0.3 is 6.09 Å². The average molecular weight is 277 g/mol. The average Bonchev–Trinajstić information content (AvgIpc) is 2.30. The fourth-order valence-corrected chi connectivity index (χ4v) is 2.46. The summed E-state index contributed by atoms with van der Waals surface area (Å²) in [4.78, 5) is 12.5. The highest BCUT2D eigenvalue weighted by Gasteiger charge is 2.17. The standard InChI is InChI=1S/C17H27NO2/c1-7-18(16(19)20)9-8-15-12(2)10-14(11-13(15)3)17(4,5)6/h10-11H,7-9H2,1-6H3,(H,19,20). The Hall–Kier alpha value is -1.51. The summed E-state index contributed by atoms with van der Waals surface area (Å²) in [5.74, 6) is 0. The maximum absolute atomic E-state index is 11.0. The highest BCUT2D eigenvalue weighted by atomic mass is 16.4. The largest absolute Gasteiger partial charge is 0.465 e. The predicted octanol–water partition coefficient (Wildman–Crippen LogP) is 4.14. The Morgan fingerprint density at radius 2 is 1.70 bits per heavy atom. The Labute approximate surface area is 122 Å². The first kappa shape index (κ1) is 16.5. The van der Waals surface area contributed by atoms with Gasteiger partial charge in [0, 0.05) is 13.1 Å². The lowest BCUT2D eigenvalue weighted by Gasteiger charge is -2.23. The summed E-state index contributed by atoms with van der Waals surface area (Å²) >= 11 is 0. The van der Waals surface area contributed by atoms with Crippen molar-refractivity contribution in [3.05, 3.63) is 34.4 Å². The van der Waals surface area contributed by atoms with Crippen LogP contribution in [0, 0.1) is 13.8 Å². The second-order valence-electron chi connectivity index (χ2n) is 6.45. The Balaban J connectivity index is 2.95. The van der Waals surface area contributed by atoms with Gasteiger partial charge in [-0.3, -0.25) is 0 Å². The first-order valence-corrected chi connectivity index (χ1v) is 7.25. The van der Waals surface area contributed by atoms with Gasteiger partial charge in [0.2, 0.25) is 0 Å². The number of hydrogen-bond acceptors (Lipinski definition) is 1. The fourth-order valence-electron chi connectivity index (χ4n) is 2.46. The number of nitrogens with zero attached hydrogens (tertiary/aromatic N) is 1. The first-order chi connectivity index (χ1) is 9.16. The van der Waals surface area contributed by atoms with E-state index in [4.69, 9.17) is 5.11 Å². The zero-order valence-corrected chi connectivity index (χ0v) is 13.6. The number of rotatable bonds is 4. The second kappa shape index (κ2) is 6.29. The lowest BCUT2D eigenvalue weighted by Crippen LogP contribution is -2.31. The van der Waals surface area contributed by atoms with Crippen LogP contribution in [0.5, 0.6) is 0 Å². The van der Waals surface area contributed by atoms with Gasteiger partial charge < -0.3 is 10.0 Å². The molecule has 3 nitrogen and oxygen atoms in total. The van der Waals surface area contributed by atoms with Crippen molar-refractivity contribution in [2.45, 2.75) is 53.4 Å². The highest BCUT2D eigenvalue weighted by Crippen LogP contribution is 2.27. The number of carboxylic acid groups (broad SMARTS) is 1. The normalized spacial score (nSPS) is 11.5. The number of hydrogen-bond donors (Lipinski definition) is 1. The molecule has 0 unspecified atom stereocenters. The van der Waals surface area contributed by atoms with E-state index < -0.39 is 6.09 Å². The predicted molar refractivity (Wildman–Crippen MR) is 83.6 cm³/mol. The van der Waals surface area contributed by atoms with Gasteiger partial charge in [0.05, 0.1) is 0 Å². The summed E-state index contributed by atoms with van der Waals surface area (Å²) in [5.41, 5.74) is 5.28. The lowest BCUT2D eigenvalue weighted by molar-refractivity contribution is 0.148. The topological polar surface area (TPSA) is 40.5 Å². The van der Waals surface area contributed by atoms with Crippen molar-refractivity contribution < 1.29 is 9.90 Å². The van der Waals surface area contributed by atoms with Crippen LogP contribution in [0.15, 0.2) is 12.1 Å². The van der Waals surface area contributed by atoms with Gasteiger partial charge in [0.25, 0.3) is 0 Å². The molecule has 0 radical (unpaired) electrons. The van der Waals surface area contributed by atoms with Crippen molar-refractivity contribution in [3.63, 3.8) is 0 Å². The molecule has 1 N–H and O–H groups in total. The molecule has 0 aliphatic heterocycles. The minimum absolute atomic E-state index is 0.143. The van der Waals surface area contributed by atoms with Gasteiger partial charge in [0.1, 0.15) is 0 Å². The zero-order chi connectivity index (χ0) is 15.5. The molecule has 20 heavy (non-hydrogen) atoms. The third-order valence-corrected chi connectivity index (χ3v) is 3.85. The van der Waals surface area contributed by atoms with E-state index in [9.17, 15) is 4.79 Å². The molecule has 0 atom stereocenters. The molecule has 1 aromatic carbocycles. The summed E-state index contributed by atoms with van der Waals surface area (Å²) in [7, 11) is 0. The van der Waals surface area contributed by atoms with Crippen LogP contribution in [-0.2, 0) is 11.8 Å². The van der Waals surface area contributed by atoms with Gasteiger partial charge in [-0.25, -0.2) is 4.79 Å². The number of carbonyl (C=O) groups is 1. The maximum Gasteiger partial charge on any atom is 0.407 e. The van der Waals surface area contributed by atoms with E-state index in [1.165, 1.54) is 27.2 Å². The zero-order valence-electron chi connectivity index (χ0n) is 13.6. The third-order valence-electron chi connectivity index (χ3n) is 3.85. The minimum Gasteiger partial charge on any atom is -0.465 e. The SMILES string of the molecule is CCN(CCc1c(C)cc(C(C)(C)C)cc1C)C(=O)O. The van der Waals surface area contributed by atoms with Crippen molar-refractivity contribution in [3.8, 4) is 0 Å². The molecule has 0 heterocycles. The third kappa shape index (κ3) is 3.99. The molecule has 112 valence electrons. The monoisotopic (exact) mass is 277 g/mol. The molecule has 0 fully saturated rings. The van der Waals surface area contributed by atoms with Gasteiger partial charge in [-0.05, 0) is 54.9 Å². The molecule has 0 aromatic heterocycles. The summed E-state index contributed by atoms with van der Waals surface area (Å²) in [5, 5.41) is 9.07. The van der Waals surface area contributed by atoms with E-state index in [1.807, 2.05) is 6.92 Å². The van der Waals surface area contributed by atoms with Gasteiger partial charge in [0.15, 0.2) is 0 Å². The number of likely N-dealkylation sites (N-methyl/N-ethyl adjacent to an activating group) is 1. The molecule has 0 saturated carbocycles. The van der Waals surface area contributed by atoms with Crippen LogP contribution in [-0.4, -0.2) is 29.2 Å². The van der Waals surface area contributed by atoms with E-state index in [2.05, 4.69) is 46.8 Å². The van der Waals surface area contributed by atoms with Crippen LogP contribution < -0.4 is 0 Å². The Morgan fingerprint density at radius 3 is 2.05 bits per heavy atom. The smallest absolute Gasteiger partial charge is 0.407 e. The van der Waals surface area contributed by atoms with Gasteiger partial charge in [-0.2, -0.15) is 0 Å². The molecular weight excluding hydrogens is 250 g/mol. The molecule has 0 saturated heterocycles. The second-order valence-corrected chi connectivity index (χ2v) is 6.45. The molecule has 0 aliphatic carbocycles. The first-order valence-electron chi connectivity index (χ1n) is 7.25. The Bertz CT molecular complexity index is 463. The van der Waals surface area contributed by atoms with Crippen LogP contribution in [0.2, 0.25) is 0 Å². The van der Waals surface area contributed by atoms with Crippen molar-refractivity contribution in [2.24, 2.45) is 0 Å². The maximum atomic E-state index is 11.0. The van der Waals surface area contributed by atoms with E-state index in [0.29, 0.717) is 13.1 Å². The molecule has 1 aromatic rings. The highest BCUT2D eigenvalue weighted by molar-refractivity contribution is 5.64. The van der Waals surface area contributed by atoms with Crippen molar-refractivity contribution >= 4 is 6.09 Å². The van der Waals surface area contributed by atoms with Crippen LogP contribution in [0.25, 0.3) is 0 Å². The van der Waals surface area contributed by atoms with Crippen molar-refractivity contribution in [1.82, 2.24) is 4.90 Å². The van der Waals surface area contributed by atoms with Crippen molar-refractivity contribution in [1.29, 1.82) is 0 Å². The number of benzene rings is 1. The van der Waals surface area contributed by atoms with E-state index >= 15 is 0 Å². The van der Waals surface area contributed by atoms with Gasteiger partial charge in [-0.15, -0.1) is 0 Å². The summed E-state index contributed by atoms with van der Waals surface area (Å²) in [6, 6.07) is 4.47. The molecule has 1 amide bonds. The van der Waals surface area contributed by atoms with Crippen LogP contribution in [0.1, 0.15) is 49.9 Å². The van der Waals surface area contributed by atoms with Crippen molar-refractivity contribution in [2.75, 3.05) is 13.1 Å². The van der Waals surface area contributed by atoms with Gasteiger partial charge in [-0.1, -0.05) is 32.9 Å². The Kier molecular flexibility index (Phi) is 5.21. The summed E-state index contributed by atoms with van der Waals surface area (Å²) < 4.78 is 0. The van der Waals surface area contributed by atoms with Crippen LogP contribution in [0.3, 0.4) is 0 Å². The molecule has 3 heteroatoms. The molecule has 0 spiro atoms.